The normalized spacial score (nSPS) is 11.1. The fourth-order valence-electron chi connectivity index (χ4n) is 1.06. The Kier molecular flexibility index (Phi) is 3.43. The SMILES string of the molecule is CN(NS(C)(=O)=O)C(=O)c1ccccc1. The molecule has 0 radical (unpaired) electrons. The van der Waals surface area contributed by atoms with E-state index in [9.17, 15) is 13.2 Å². The Morgan fingerprint density at radius 1 is 1.27 bits per heavy atom. The van der Waals surface area contributed by atoms with Crippen LogP contribution in [-0.2, 0) is 10.0 Å². The predicted octanol–water partition coefficient (Wildman–Crippen LogP) is 0.223. The number of benzene rings is 1. The number of hydrogen-bond donors (Lipinski definition) is 1. The van der Waals surface area contributed by atoms with Gasteiger partial charge in [-0.05, 0) is 12.1 Å². The lowest BCUT2D eigenvalue weighted by Crippen LogP contribution is -2.42. The summed E-state index contributed by atoms with van der Waals surface area (Å²) >= 11 is 0. The van der Waals surface area contributed by atoms with Crippen LogP contribution in [0.5, 0.6) is 0 Å². The quantitative estimate of drug-likeness (QED) is 0.753. The van der Waals surface area contributed by atoms with Gasteiger partial charge in [0, 0.05) is 12.6 Å². The molecule has 15 heavy (non-hydrogen) atoms. The summed E-state index contributed by atoms with van der Waals surface area (Å²) in [6.07, 6.45) is 0.988. The van der Waals surface area contributed by atoms with Crippen LogP contribution in [0.25, 0.3) is 0 Å². The van der Waals surface area contributed by atoms with E-state index in [-0.39, 0.29) is 0 Å². The van der Waals surface area contributed by atoms with Crippen molar-refractivity contribution in [2.75, 3.05) is 13.3 Å². The predicted molar refractivity (Wildman–Crippen MR) is 56.5 cm³/mol. The zero-order valence-electron chi connectivity index (χ0n) is 8.47. The number of carbonyl (C=O) groups excluding carboxylic acids is 1. The largest absolute Gasteiger partial charge is 0.268 e. The average Bonchev–Trinajstić information content (AvgIpc) is 2.15. The summed E-state index contributed by atoms with van der Waals surface area (Å²) in [7, 11) is -2.06. The second kappa shape index (κ2) is 4.41. The van der Waals surface area contributed by atoms with Gasteiger partial charge in [0.15, 0.2) is 0 Å². The third-order valence-electron chi connectivity index (χ3n) is 1.63. The molecular formula is C9H12N2O3S. The number of amides is 1. The van der Waals surface area contributed by atoms with E-state index in [1.54, 1.807) is 30.3 Å². The van der Waals surface area contributed by atoms with Crippen LogP contribution in [0.3, 0.4) is 0 Å². The summed E-state index contributed by atoms with van der Waals surface area (Å²) < 4.78 is 21.7. The number of carbonyl (C=O) groups is 1. The van der Waals surface area contributed by atoms with Crippen molar-refractivity contribution in [3.8, 4) is 0 Å². The van der Waals surface area contributed by atoms with Crippen LogP contribution in [0.4, 0.5) is 0 Å². The first kappa shape index (κ1) is 11.7. The molecule has 82 valence electrons. The molecule has 0 spiro atoms. The first-order chi connectivity index (χ1) is 6.90. The van der Waals surface area contributed by atoms with Gasteiger partial charge in [0.05, 0.1) is 6.26 Å². The minimum atomic E-state index is -3.42. The lowest BCUT2D eigenvalue weighted by Gasteiger charge is -2.16. The van der Waals surface area contributed by atoms with Gasteiger partial charge in [-0.1, -0.05) is 18.2 Å². The summed E-state index contributed by atoms with van der Waals surface area (Å²) in [4.78, 5) is 13.7. The Morgan fingerprint density at radius 3 is 2.27 bits per heavy atom. The lowest BCUT2D eigenvalue weighted by molar-refractivity contribution is 0.0765. The van der Waals surface area contributed by atoms with Crippen LogP contribution >= 0.6 is 0 Å². The van der Waals surface area contributed by atoms with Crippen LogP contribution in [0, 0.1) is 0 Å². The van der Waals surface area contributed by atoms with E-state index in [1.807, 2.05) is 0 Å². The van der Waals surface area contributed by atoms with Crippen LogP contribution in [0.1, 0.15) is 10.4 Å². The van der Waals surface area contributed by atoms with Gasteiger partial charge in [0.25, 0.3) is 5.91 Å². The molecule has 1 amide bonds. The van der Waals surface area contributed by atoms with Crippen molar-refractivity contribution in [2.45, 2.75) is 0 Å². The molecule has 0 aliphatic rings. The molecule has 0 aliphatic carbocycles. The van der Waals surface area contributed by atoms with Gasteiger partial charge in [0.1, 0.15) is 0 Å². The second-order valence-electron chi connectivity index (χ2n) is 3.09. The summed E-state index contributed by atoms with van der Waals surface area (Å²) in [5, 5.41) is 0.935. The molecule has 1 N–H and O–H groups in total. The van der Waals surface area contributed by atoms with E-state index in [0.717, 1.165) is 11.3 Å². The minimum Gasteiger partial charge on any atom is -0.268 e. The van der Waals surface area contributed by atoms with Gasteiger partial charge in [-0.3, -0.25) is 9.80 Å². The molecule has 0 aliphatic heterocycles. The zero-order valence-corrected chi connectivity index (χ0v) is 9.28. The van der Waals surface area contributed by atoms with Crippen LogP contribution in [0.2, 0.25) is 0 Å². The summed E-state index contributed by atoms with van der Waals surface area (Å²) in [6.45, 7) is 0. The van der Waals surface area contributed by atoms with Crippen LogP contribution in [0.15, 0.2) is 30.3 Å². The fraction of sp³-hybridized carbons (Fsp3) is 0.222. The number of rotatable bonds is 3. The Morgan fingerprint density at radius 2 is 1.80 bits per heavy atom. The highest BCUT2D eigenvalue weighted by Gasteiger charge is 2.14. The van der Waals surface area contributed by atoms with Gasteiger partial charge >= 0.3 is 0 Å². The molecule has 0 saturated heterocycles. The molecule has 0 saturated carbocycles. The molecular weight excluding hydrogens is 216 g/mol. The Hall–Kier alpha value is -1.40. The van der Waals surface area contributed by atoms with Gasteiger partial charge in [0.2, 0.25) is 10.0 Å². The average molecular weight is 228 g/mol. The van der Waals surface area contributed by atoms with Gasteiger partial charge in [-0.25, -0.2) is 8.42 Å². The van der Waals surface area contributed by atoms with Crippen molar-refractivity contribution >= 4 is 15.9 Å². The van der Waals surface area contributed by atoms with Gasteiger partial charge < -0.3 is 0 Å². The van der Waals surface area contributed by atoms with E-state index >= 15 is 0 Å². The highest BCUT2D eigenvalue weighted by atomic mass is 32.2. The van der Waals surface area contributed by atoms with Crippen molar-refractivity contribution in [1.82, 2.24) is 9.84 Å². The summed E-state index contributed by atoms with van der Waals surface area (Å²) in [6, 6.07) is 8.43. The number of nitrogens with zero attached hydrogens (tertiary/aromatic N) is 1. The number of nitrogens with one attached hydrogen (secondary N) is 1. The maximum absolute atomic E-state index is 11.6. The molecule has 1 rings (SSSR count). The van der Waals surface area contributed by atoms with Gasteiger partial charge in [-0.15, -0.1) is 4.83 Å². The van der Waals surface area contributed by atoms with E-state index in [2.05, 4.69) is 4.83 Å². The monoisotopic (exact) mass is 228 g/mol. The standard InChI is InChI=1S/C9H12N2O3S/c1-11(10-15(2,13)14)9(12)8-6-4-3-5-7-8/h3-7,10H,1-2H3. The van der Waals surface area contributed by atoms with E-state index < -0.39 is 15.9 Å². The molecule has 1 aromatic rings. The van der Waals surface area contributed by atoms with Crippen LogP contribution < -0.4 is 4.83 Å². The molecule has 0 atom stereocenters. The highest BCUT2D eigenvalue weighted by molar-refractivity contribution is 7.88. The molecule has 6 heteroatoms. The fourth-order valence-corrected chi connectivity index (χ4v) is 1.64. The maximum atomic E-state index is 11.6. The van der Waals surface area contributed by atoms with Crippen molar-refractivity contribution in [3.63, 3.8) is 0 Å². The Bertz CT molecular complexity index is 442. The first-order valence-corrected chi connectivity index (χ1v) is 6.10. The topological polar surface area (TPSA) is 66.5 Å². The molecule has 0 aromatic heterocycles. The lowest BCUT2D eigenvalue weighted by atomic mass is 10.2. The van der Waals surface area contributed by atoms with E-state index in [4.69, 9.17) is 0 Å². The first-order valence-electron chi connectivity index (χ1n) is 4.20. The minimum absolute atomic E-state index is 0.402. The van der Waals surface area contributed by atoms with Crippen molar-refractivity contribution in [2.24, 2.45) is 0 Å². The molecule has 0 heterocycles. The van der Waals surface area contributed by atoms with Crippen molar-refractivity contribution in [3.05, 3.63) is 35.9 Å². The van der Waals surface area contributed by atoms with Crippen molar-refractivity contribution < 1.29 is 13.2 Å². The van der Waals surface area contributed by atoms with Gasteiger partial charge in [-0.2, -0.15) is 0 Å². The number of hydrazine groups is 1. The Balaban J connectivity index is 2.79. The third kappa shape index (κ3) is 3.69. The molecule has 5 nitrogen and oxygen atoms in total. The number of hydrogen-bond acceptors (Lipinski definition) is 3. The third-order valence-corrected chi connectivity index (χ3v) is 2.23. The second-order valence-corrected chi connectivity index (χ2v) is 4.82. The highest BCUT2D eigenvalue weighted by Crippen LogP contribution is 2.01. The molecule has 0 fully saturated rings. The van der Waals surface area contributed by atoms with E-state index in [0.29, 0.717) is 5.56 Å². The zero-order chi connectivity index (χ0) is 11.5. The molecule has 0 unspecified atom stereocenters. The molecule has 1 aromatic carbocycles. The maximum Gasteiger partial charge on any atom is 0.268 e. The molecule has 0 bridgehead atoms. The van der Waals surface area contributed by atoms with E-state index in [1.165, 1.54) is 7.05 Å². The smallest absolute Gasteiger partial charge is 0.268 e. The summed E-state index contributed by atoms with van der Waals surface area (Å²) in [5.41, 5.74) is 0.427. The van der Waals surface area contributed by atoms with Crippen molar-refractivity contribution in [1.29, 1.82) is 0 Å². The van der Waals surface area contributed by atoms with Crippen LogP contribution in [-0.4, -0.2) is 32.6 Å². The Labute approximate surface area is 88.7 Å². The number of sulfonamides is 1. The summed E-state index contributed by atoms with van der Waals surface area (Å²) in [5.74, 6) is -0.402.